The molecule has 112 valence electrons. The molecule has 0 spiro atoms. The van der Waals surface area contributed by atoms with Gasteiger partial charge in [-0.05, 0) is 37.5 Å². The normalized spacial score (nSPS) is 12.5. The van der Waals surface area contributed by atoms with Crippen LogP contribution in [0.3, 0.4) is 0 Å². The van der Waals surface area contributed by atoms with Crippen LogP contribution in [0.1, 0.15) is 47.3 Å². The minimum Gasteiger partial charge on any atom is -0.361 e. The molecule has 1 aromatic heterocycles. The van der Waals surface area contributed by atoms with Gasteiger partial charge in [-0.15, -0.1) is 0 Å². The Morgan fingerprint density at radius 3 is 2.33 bits per heavy atom. The Morgan fingerprint density at radius 2 is 1.86 bits per heavy atom. The van der Waals surface area contributed by atoms with E-state index in [4.69, 9.17) is 4.52 Å². The van der Waals surface area contributed by atoms with E-state index in [1.54, 1.807) is 26.0 Å². The largest absolute Gasteiger partial charge is 0.361 e. The van der Waals surface area contributed by atoms with Crippen molar-refractivity contribution >= 4 is 5.91 Å². The Balaban J connectivity index is 2.25. The summed E-state index contributed by atoms with van der Waals surface area (Å²) in [6.07, 6.45) is 0. The van der Waals surface area contributed by atoms with Gasteiger partial charge in [0.05, 0.1) is 11.7 Å². The molecule has 1 amide bonds. The maximum absolute atomic E-state index is 13.0. The van der Waals surface area contributed by atoms with Crippen molar-refractivity contribution in [3.8, 4) is 0 Å². The molecule has 2 rings (SSSR count). The lowest BCUT2D eigenvalue weighted by Gasteiger charge is -2.23. The Labute approximate surface area is 123 Å². The molecule has 1 heterocycles. The van der Waals surface area contributed by atoms with Gasteiger partial charge in [0, 0.05) is 0 Å². The minimum absolute atomic E-state index is 0.167. The number of amides is 1. The van der Waals surface area contributed by atoms with Gasteiger partial charge in [-0.3, -0.25) is 4.79 Å². The number of nitrogens with zero attached hydrogens (tertiary/aromatic N) is 1. The zero-order chi connectivity index (χ0) is 15.6. The fourth-order valence-electron chi connectivity index (χ4n) is 2.33. The Kier molecular flexibility index (Phi) is 4.40. The van der Waals surface area contributed by atoms with E-state index in [-0.39, 0.29) is 23.7 Å². The second kappa shape index (κ2) is 6.08. The van der Waals surface area contributed by atoms with Crippen LogP contribution in [-0.2, 0) is 0 Å². The Bertz CT molecular complexity index is 613. The standard InChI is InChI=1S/C16H19FN2O2/c1-9(2)15(12-5-7-13(17)8-6-12)18-16(20)14-10(3)19-21-11(14)4/h5-9,15H,1-4H3,(H,18,20). The number of hydrogen-bond donors (Lipinski definition) is 1. The second-order valence-electron chi connectivity index (χ2n) is 5.45. The molecule has 0 radical (unpaired) electrons. The van der Waals surface area contributed by atoms with E-state index in [2.05, 4.69) is 10.5 Å². The van der Waals surface area contributed by atoms with Crippen LogP contribution in [0.15, 0.2) is 28.8 Å². The van der Waals surface area contributed by atoms with E-state index in [1.807, 2.05) is 13.8 Å². The highest BCUT2D eigenvalue weighted by molar-refractivity contribution is 5.96. The molecule has 0 bridgehead atoms. The first-order valence-corrected chi connectivity index (χ1v) is 6.89. The number of halogens is 1. The molecule has 1 aromatic carbocycles. The maximum atomic E-state index is 13.0. The van der Waals surface area contributed by atoms with Crippen LogP contribution in [0.4, 0.5) is 4.39 Å². The number of benzene rings is 1. The topological polar surface area (TPSA) is 55.1 Å². The number of nitrogens with one attached hydrogen (secondary N) is 1. The summed E-state index contributed by atoms with van der Waals surface area (Å²) in [5, 5.41) is 6.76. The van der Waals surface area contributed by atoms with E-state index >= 15 is 0 Å². The second-order valence-corrected chi connectivity index (χ2v) is 5.45. The first-order valence-electron chi connectivity index (χ1n) is 6.89. The minimum atomic E-state index is -0.293. The number of carbonyl (C=O) groups excluding carboxylic acids is 1. The van der Waals surface area contributed by atoms with E-state index in [0.717, 1.165) is 5.56 Å². The van der Waals surface area contributed by atoms with Crippen molar-refractivity contribution in [1.82, 2.24) is 10.5 Å². The average molecular weight is 290 g/mol. The van der Waals surface area contributed by atoms with Crippen LogP contribution in [0, 0.1) is 25.6 Å². The van der Waals surface area contributed by atoms with Gasteiger partial charge in [-0.2, -0.15) is 0 Å². The predicted octanol–water partition coefficient (Wildman–Crippen LogP) is 3.56. The number of hydrogen-bond acceptors (Lipinski definition) is 3. The van der Waals surface area contributed by atoms with Crippen molar-refractivity contribution in [1.29, 1.82) is 0 Å². The van der Waals surface area contributed by atoms with E-state index in [9.17, 15) is 9.18 Å². The summed E-state index contributed by atoms with van der Waals surface area (Å²) < 4.78 is 18.1. The molecule has 1 atom stereocenters. The fraction of sp³-hybridized carbons (Fsp3) is 0.375. The van der Waals surface area contributed by atoms with E-state index < -0.39 is 0 Å². The third-order valence-corrected chi connectivity index (χ3v) is 3.44. The summed E-state index contributed by atoms with van der Waals surface area (Å²) in [6, 6.07) is 5.97. The number of rotatable bonds is 4. The average Bonchev–Trinajstić information content (AvgIpc) is 2.76. The highest BCUT2D eigenvalue weighted by Gasteiger charge is 2.23. The fourth-order valence-corrected chi connectivity index (χ4v) is 2.33. The van der Waals surface area contributed by atoms with Crippen LogP contribution in [0.5, 0.6) is 0 Å². The number of aryl methyl sites for hydroxylation is 2. The maximum Gasteiger partial charge on any atom is 0.257 e. The third-order valence-electron chi connectivity index (χ3n) is 3.44. The van der Waals surface area contributed by atoms with Crippen molar-refractivity contribution in [3.05, 3.63) is 52.7 Å². The monoisotopic (exact) mass is 290 g/mol. The van der Waals surface area contributed by atoms with Crippen molar-refractivity contribution in [2.45, 2.75) is 33.7 Å². The first-order chi connectivity index (χ1) is 9.90. The molecule has 1 unspecified atom stereocenters. The molecule has 21 heavy (non-hydrogen) atoms. The summed E-state index contributed by atoms with van der Waals surface area (Å²) in [6.45, 7) is 7.44. The van der Waals surface area contributed by atoms with Crippen LogP contribution in [0.25, 0.3) is 0 Å². The highest BCUT2D eigenvalue weighted by Crippen LogP contribution is 2.23. The lowest BCUT2D eigenvalue weighted by molar-refractivity contribution is 0.0923. The zero-order valence-electron chi connectivity index (χ0n) is 12.6. The highest BCUT2D eigenvalue weighted by atomic mass is 19.1. The van der Waals surface area contributed by atoms with Crippen LogP contribution < -0.4 is 5.32 Å². The smallest absolute Gasteiger partial charge is 0.257 e. The Hall–Kier alpha value is -2.17. The van der Waals surface area contributed by atoms with Gasteiger partial charge in [0.1, 0.15) is 17.1 Å². The Morgan fingerprint density at radius 1 is 1.24 bits per heavy atom. The molecule has 0 aliphatic carbocycles. The van der Waals surface area contributed by atoms with Gasteiger partial charge in [0.15, 0.2) is 0 Å². The number of aromatic nitrogens is 1. The molecule has 0 aliphatic heterocycles. The molecule has 5 heteroatoms. The zero-order valence-corrected chi connectivity index (χ0v) is 12.6. The predicted molar refractivity (Wildman–Crippen MR) is 77.4 cm³/mol. The molecule has 2 aromatic rings. The van der Waals surface area contributed by atoms with E-state index in [1.165, 1.54) is 12.1 Å². The summed E-state index contributed by atoms with van der Waals surface area (Å²) in [7, 11) is 0. The molecule has 4 nitrogen and oxygen atoms in total. The van der Waals surface area contributed by atoms with Crippen molar-refractivity contribution in [2.75, 3.05) is 0 Å². The summed E-state index contributed by atoms with van der Waals surface area (Å²) in [5.74, 6) is 0.138. The van der Waals surface area contributed by atoms with Gasteiger partial charge >= 0.3 is 0 Å². The molecular weight excluding hydrogens is 271 g/mol. The number of carbonyl (C=O) groups is 1. The molecule has 0 aliphatic rings. The van der Waals surface area contributed by atoms with E-state index in [0.29, 0.717) is 17.0 Å². The molecule has 1 N–H and O–H groups in total. The lowest BCUT2D eigenvalue weighted by atomic mass is 9.95. The van der Waals surface area contributed by atoms with Crippen LogP contribution >= 0.6 is 0 Å². The van der Waals surface area contributed by atoms with Crippen molar-refractivity contribution in [3.63, 3.8) is 0 Å². The van der Waals surface area contributed by atoms with Gasteiger partial charge in [-0.25, -0.2) is 4.39 Å². The quantitative estimate of drug-likeness (QED) is 0.936. The van der Waals surface area contributed by atoms with Crippen molar-refractivity contribution < 1.29 is 13.7 Å². The third kappa shape index (κ3) is 3.29. The lowest BCUT2D eigenvalue weighted by Crippen LogP contribution is -2.32. The summed E-state index contributed by atoms with van der Waals surface area (Å²) in [4.78, 5) is 12.4. The summed E-state index contributed by atoms with van der Waals surface area (Å²) in [5.41, 5.74) is 1.89. The van der Waals surface area contributed by atoms with Gasteiger partial charge < -0.3 is 9.84 Å². The first kappa shape index (κ1) is 15.2. The molecule has 0 saturated heterocycles. The summed E-state index contributed by atoms with van der Waals surface area (Å²) >= 11 is 0. The van der Waals surface area contributed by atoms with Gasteiger partial charge in [0.2, 0.25) is 0 Å². The molecule has 0 fully saturated rings. The van der Waals surface area contributed by atoms with Crippen LogP contribution in [-0.4, -0.2) is 11.1 Å². The van der Waals surface area contributed by atoms with Crippen molar-refractivity contribution in [2.24, 2.45) is 5.92 Å². The van der Waals surface area contributed by atoms with Crippen LogP contribution in [0.2, 0.25) is 0 Å². The molecule has 0 saturated carbocycles. The molecular formula is C16H19FN2O2. The SMILES string of the molecule is Cc1noc(C)c1C(=O)NC(c1ccc(F)cc1)C(C)C. The van der Waals surface area contributed by atoms with Gasteiger partial charge in [0.25, 0.3) is 5.91 Å². The van der Waals surface area contributed by atoms with Gasteiger partial charge in [-0.1, -0.05) is 31.1 Å².